The lowest BCUT2D eigenvalue weighted by molar-refractivity contribution is 0.921. The van der Waals surface area contributed by atoms with Crippen LogP contribution in [0.2, 0.25) is 0 Å². The molecule has 0 radical (unpaired) electrons. The van der Waals surface area contributed by atoms with E-state index >= 15 is 0 Å². The number of hydrogen-bond donors (Lipinski definition) is 0. The molecule has 0 nitrogen and oxygen atoms in total. The molecule has 1 fully saturated rings. The fraction of sp³-hybridized carbons (Fsp3) is 0.429. The van der Waals surface area contributed by atoms with Crippen molar-refractivity contribution in [3.05, 3.63) is 47.5 Å². The molecule has 1 aromatic rings. The van der Waals surface area contributed by atoms with Gasteiger partial charge in [0.1, 0.15) is 4.33 Å². The highest BCUT2D eigenvalue weighted by Crippen LogP contribution is 2.67. The molecule has 0 saturated heterocycles. The SMILES string of the molecule is CC/C=C(\C)C1C(c2ccccc2)C1(Cl)Cl. The number of alkyl halides is 2. The van der Waals surface area contributed by atoms with Crippen molar-refractivity contribution < 1.29 is 0 Å². The predicted molar refractivity (Wildman–Crippen MR) is 71.2 cm³/mol. The number of hydrogen-bond acceptors (Lipinski definition) is 0. The normalized spacial score (nSPS) is 27.9. The van der Waals surface area contributed by atoms with Crippen LogP contribution in [-0.2, 0) is 0 Å². The minimum absolute atomic E-state index is 0.250. The van der Waals surface area contributed by atoms with Gasteiger partial charge in [0, 0.05) is 11.8 Å². The van der Waals surface area contributed by atoms with E-state index in [1.54, 1.807) is 0 Å². The van der Waals surface area contributed by atoms with Gasteiger partial charge in [-0.05, 0) is 18.9 Å². The molecule has 1 saturated carbocycles. The summed E-state index contributed by atoms with van der Waals surface area (Å²) < 4.78 is -0.614. The number of rotatable bonds is 3. The zero-order valence-electron chi connectivity index (χ0n) is 9.58. The Morgan fingerprint density at radius 3 is 2.50 bits per heavy atom. The molecule has 0 N–H and O–H groups in total. The van der Waals surface area contributed by atoms with E-state index in [1.807, 2.05) is 18.2 Å². The molecule has 2 rings (SSSR count). The number of allylic oxidation sites excluding steroid dienone is 2. The van der Waals surface area contributed by atoms with E-state index in [-0.39, 0.29) is 11.8 Å². The van der Waals surface area contributed by atoms with Crippen LogP contribution in [-0.4, -0.2) is 4.33 Å². The van der Waals surface area contributed by atoms with Crippen molar-refractivity contribution in [3.63, 3.8) is 0 Å². The first-order chi connectivity index (χ1) is 7.59. The Labute approximate surface area is 107 Å². The lowest BCUT2D eigenvalue weighted by Crippen LogP contribution is -1.91. The van der Waals surface area contributed by atoms with Crippen molar-refractivity contribution >= 4 is 23.2 Å². The molecule has 2 unspecified atom stereocenters. The van der Waals surface area contributed by atoms with Crippen LogP contribution in [0.25, 0.3) is 0 Å². The summed E-state index contributed by atoms with van der Waals surface area (Å²) in [6.07, 6.45) is 3.25. The van der Waals surface area contributed by atoms with Crippen molar-refractivity contribution in [1.82, 2.24) is 0 Å². The summed E-state index contributed by atoms with van der Waals surface area (Å²) in [7, 11) is 0. The standard InChI is InChI=1S/C14H16Cl2/c1-3-7-10(2)12-13(14(12,15)16)11-8-5-4-6-9-11/h4-9,12-13H,3H2,1-2H3/b10-7+. The first-order valence-electron chi connectivity index (χ1n) is 5.68. The molecule has 2 heteroatoms. The molecule has 16 heavy (non-hydrogen) atoms. The molecule has 0 heterocycles. The highest BCUT2D eigenvalue weighted by atomic mass is 35.5. The first kappa shape index (κ1) is 12.0. The molecular formula is C14H16Cl2. The number of halogens is 2. The number of benzene rings is 1. The quantitative estimate of drug-likeness (QED) is 0.530. The fourth-order valence-electron chi connectivity index (χ4n) is 2.42. The third-order valence-corrected chi connectivity index (χ3v) is 4.17. The highest BCUT2D eigenvalue weighted by molar-refractivity contribution is 6.52. The lowest BCUT2D eigenvalue weighted by atomic mass is 10.1. The van der Waals surface area contributed by atoms with Gasteiger partial charge in [0.15, 0.2) is 0 Å². The van der Waals surface area contributed by atoms with E-state index < -0.39 is 4.33 Å². The minimum atomic E-state index is -0.614. The Hall–Kier alpha value is -0.460. The van der Waals surface area contributed by atoms with Crippen molar-refractivity contribution in [1.29, 1.82) is 0 Å². The minimum Gasteiger partial charge on any atom is -0.100 e. The van der Waals surface area contributed by atoms with Crippen LogP contribution in [0, 0.1) is 5.92 Å². The topological polar surface area (TPSA) is 0 Å². The van der Waals surface area contributed by atoms with Gasteiger partial charge < -0.3 is 0 Å². The van der Waals surface area contributed by atoms with E-state index in [4.69, 9.17) is 23.2 Å². The average molecular weight is 255 g/mol. The monoisotopic (exact) mass is 254 g/mol. The largest absolute Gasteiger partial charge is 0.132 e. The van der Waals surface area contributed by atoms with Crippen LogP contribution in [0.3, 0.4) is 0 Å². The van der Waals surface area contributed by atoms with E-state index in [0.29, 0.717) is 0 Å². The summed E-state index contributed by atoms with van der Waals surface area (Å²) in [6, 6.07) is 10.3. The molecule has 2 atom stereocenters. The summed E-state index contributed by atoms with van der Waals surface area (Å²) in [5.74, 6) is 0.526. The predicted octanol–water partition coefficient (Wildman–Crippen LogP) is 4.93. The zero-order valence-corrected chi connectivity index (χ0v) is 11.1. The van der Waals surface area contributed by atoms with Crippen molar-refractivity contribution in [2.75, 3.05) is 0 Å². The third-order valence-electron chi connectivity index (χ3n) is 3.23. The van der Waals surface area contributed by atoms with E-state index in [0.717, 1.165) is 6.42 Å². The highest BCUT2D eigenvalue weighted by Gasteiger charge is 2.64. The maximum absolute atomic E-state index is 6.36. The molecule has 1 aliphatic rings. The second kappa shape index (κ2) is 4.43. The molecule has 1 aromatic carbocycles. The molecule has 0 spiro atoms. The molecule has 86 valence electrons. The Morgan fingerprint density at radius 1 is 1.31 bits per heavy atom. The van der Waals surface area contributed by atoms with E-state index in [1.165, 1.54) is 11.1 Å². The fourth-order valence-corrected chi connectivity index (χ4v) is 3.39. The van der Waals surface area contributed by atoms with Crippen LogP contribution < -0.4 is 0 Å². The van der Waals surface area contributed by atoms with Crippen LogP contribution >= 0.6 is 23.2 Å². The first-order valence-corrected chi connectivity index (χ1v) is 6.44. The molecule has 0 aromatic heterocycles. The van der Waals surface area contributed by atoms with E-state index in [9.17, 15) is 0 Å². The summed E-state index contributed by atoms with van der Waals surface area (Å²) in [6.45, 7) is 4.25. The van der Waals surface area contributed by atoms with Crippen molar-refractivity contribution in [2.45, 2.75) is 30.5 Å². The van der Waals surface area contributed by atoms with Crippen LogP contribution in [0.1, 0.15) is 31.7 Å². The van der Waals surface area contributed by atoms with Crippen LogP contribution in [0.15, 0.2) is 42.0 Å². The summed E-state index contributed by atoms with van der Waals surface area (Å²) >= 11 is 12.7. The molecule has 0 amide bonds. The van der Waals surface area contributed by atoms with Crippen molar-refractivity contribution in [2.24, 2.45) is 5.92 Å². The van der Waals surface area contributed by atoms with Crippen molar-refractivity contribution in [3.8, 4) is 0 Å². The van der Waals surface area contributed by atoms with E-state index in [2.05, 4.69) is 32.1 Å². The maximum atomic E-state index is 6.36. The average Bonchev–Trinajstić information content (AvgIpc) is 2.83. The summed E-state index contributed by atoms with van der Waals surface area (Å²) in [5, 5.41) is 0. The Bertz CT molecular complexity index is 392. The molecular weight excluding hydrogens is 239 g/mol. The van der Waals surface area contributed by atoms with Gasteiger partial charge in [-0.1, -0.05) is 48.9 Å². The molecule has 0 bridgehead atoms. The van der Waals surface area contributed by atoms with Gasteiger partial charge in [0.2, 0.25) is 0 Å². The van der Waals surface area contributed by atoms with Gasteiger partial charge in [-0.15, -0.1) is 23.2 Å². The Kier molecular flexibility index (Phi) is 3.32. The van der Waals surface area contributed by atoms with Crippen LogP contribution in [0.4, 0.5) is 0 Å². The second-order valence-corrected chi connectivity index (χ2v) is 5.84. The Morgan fingerprint density at radius 2 is 1.94 bits per heavy atom. The molecule has 1 aliphatic carbocycles. The van der Waals surface area contributed by atoms with Gasteiger partial charge in [-0.25, -0.2) is 0 Å². The van der Waals surface area contributed by atoms with Crippen LogP contribution in [0.5, 0.6) is 0 Å². The lowest BCUT2D eigenvalue weighted by Gasteiger charge is -1.99. The molecule has 0 aliphatic heterocycles. The van der Waals surface area contributed by atoms with Gasteiger partial charge >= 0.3 is 0 Å². The maximum Gasteiger partial charge on any atom is 0.132 e. The van der Waals surface area contributed by atoms with Gasteiger partial charge in [0.05, 0.1) is 0 Å². The third kappa shape index (κ3) is 2.01. The summed E-state index contributed by atoms with van der Waals surface area (Å²) in [5.41, 5.74) is 2.54. The Balaban J connectivity index is 2.23. The zero-order chi connectivity index (χ0) is 11.8. The summed E-state index contributed by atoms with van der Waals surface area (Å²) in [4.78, 5) is 0. The van der Waals surface area contributed by atoms with Gasteiger partial charge in [-0.3, -0.25) is 0 Å². The second-order valence-electron chi connectivity index (χ2n) is 4.40. The smallest absolute Gasteiger partial charge is 0.100 e. The van der Waals surface area contributed by atoms with Gasteiger partial charge in [0.25, 0.3) is 0 Å². The van der Waals surface area contributed by atoms with Gasteiger partial charge in [-0.2, -0.15) is 0 Å².